The van der Waals surface area contributed by atoms with Crippen molar-refractivity contribution in [3.63, 3.8) is 0 Å². The number of nitrogens with zero attached hydrogens (tertiary/aromatic N) is 2. The first-order chi connectivity index (χ1) is 9.61. The van der Waals surface area contributed by atoms with Crippen LogP contribution >= 0.6 is 0 Å². The fourth-order valence-electron chi connectivity index (χ4n) is 2.21. The molecule has 1 heterocycles. The van der Waals surface area contributed by atoms with E-state index in [4.69, 9.17) is 0 Å². The molecular formula is C15H19F2N3. The van der Waals surface area contributed by atoms with E-state index >= 15 is 0 Å². The summed E-state index contributed by atoms with van der Waals surface area (Å²) < 4.78 is 29.0. The van der Waals surface area contributed by atoms with E-state index in [0.29, 0.717) is 12.0 Å². The summed E-state index contributed by atoms with van der Waals surface area (Å²) in [4.78, 5) is 0. The number of hydrogen-bond acceptors (Lipinski definition) is 2. The minimum atomic E-state index is -0.808. The van der Waals surface area contributed by atoms with Gasteiger partial charge in [0.15, 0.2) is 11.6 Å². The average molecular weight is 279 g/mol. The van der Waals surface area contributed by atoms with Gasteiger partial charge in [-0.15, -0.1) is 0 Å². The number of aromatic nitrogens is 2. The summed E-state index contributed by atoms with van der Waals surface area (Å²) in [5.41, 5.74) is 1.35. The van der Waals surface area contributed by atoms with Crippen molar-refractivity contribution in [3.8, 4) is 0 Å². The van der Waals surface area contributed by atoms with E-state index in [0.717, 1.165) is 24.6 Å². The standard InChI is InChI=1S/C15H19F2N3/c1-3-7-18-14(8-11-9-19-20(2)10-11)12-5-4-6-13(16)15(12)17/h4-6,9-10,14,18H,3,7-8H2,1-2H3. The van der Waals surface area contributed by atoms with Crippen molar-refractivity contribution in [1.82, 2.24) is 15.1 Å². The highest BCUT2D eigenvalue weighted by Gasteiger charge is 2.18. The van der Waals surface area contributed by atoms with E-state index in [9.17, 15) is 8.78 Å². The van der Waals surface area contributed by atoms with Crippen LogP contribution in [0.1, 0.15) is 30.5 Å². The molecule has 1 aromatic carbocycles. The molecule has 0 spiro atoms. The van der Waals surface area contributed by atoms with Gasteiger partial charge >= 0.3 is 0 Å². The number of nitrogens with one attached hydrogen (secondary N) is 1. The molecule has 0 aliphatic rings. The summed E-state index contributed by atoms with van der Waals surface area (Å²) in [6.45, 7) is 2.79. The van der Waals surface area contributed by atoms with Crippen LogP contribution in [0, 0.1) is 11.6 Å². The second-order valence-corrected chi connectivity index (χ2v) is 4.88. The van der Waals surface area contributed by atoms with E-state index in [2.05, 4.69) is 10.4 Å². The molecule has 1 N–H and O–H groups in total. The molecular weight excluding hydrogens is 260 g/mol. The van der Waals surface area contributed by atoms with Crippen molar-refractivity contribution < 1.29 is 8.78 Å². The highest BCUT2D eigenvalue weighted by Crippen LogP contribution is 2.22. The van der Waals surface area contributed by atoms with Gasteiger partial charge in [-0.3, -0.25) is 4.68 Å². The monoisotopic (exact) mass is 279 g/mol. The first-order valence-corrected chi connectivity index (χ1v) is 6.76. The summed E-state index contributed by atoms with van der Waals surface area (Å²) in [5, 5.41) is 7.37. The summed E-state index contributed by atoms with van der Waals surface area (Å²) in [6, 6.07) is 4.05. The average Bonchev–Trinajstić information content (AvgIpc) is 2.83. The first-order valence-electron chi connectivity index (χ1n) is 6.76. The quantitative estimate of drug-likeness (QED) is 0.881. The maximum absolute atomic E-state index is 14.0. The van der Waals surface area contributed by atoms with Gasteiger partial charge in [-0.05, 0) is 31.0 Å². The van der Waals surface area contributed by atoms with Gasteiger partial charge in [0.2, 0.25) is 0 Å². The number of rotatable bonds is 6. The van der Waals surface area contributed by atoms with Crippen LogP contribution in [0.5, 0.6) is 0 Å². The topological polar surface area (TPSA) is 29.9 Å². The lowest BCUT2D eigenvalue weighted by molar-refractivity contribution is 0.459. The van der Waals surface area contributed by atoms with Gasteiger partial charge in [-0.25, -0.2) is 8.78 Å². The van der Waals surface area contributed by atoms with Crippen LogP contribution in [0.2, 0.25) is 0 Å². The first kappa shape index (κ1) is 14.7. The Morgan fingerprint density at radius 3 is 2.80 bits per heavy atom. The molecule has 0 aliphatic heterocycles. The fraction of sp³-hybridized carbons (Fsp3) is 0.400. The molecule has 0 aliphatic carbocycles. The Kier molecular flexibility index (Phi) is 4.84. The van der Waals surface area contributed by atoms with Crippen LogP contribution in [0.4, 0.5) is 8.78 Å². The molecule has 2 rings (SSSR count). The maximum Gasteiger partial charge on any atom is 0.163 e. The Morgan fingerprint density at radius 2 is 2.15 bits per heavy atom. The molecule has 5 heteroatoms. The molecule has 20 heavy (non-hydrogen) atoms. The van der Waals surface area contributed by atoms with Crippen LogP contribution in [-0.2, 0) is 13.5 Å². The zero-order valence-electron chi connectivity index (χ0n) is 11.7. The maximum atomic E-state index is 14.0. The van der Waals surface area contributed by atoms with Crippen LogP contribution in [0.3, 0.4) is 0 Å². The summed E-state index contributed by atoms with van der Waals surface area (Å²) in [7, 11) is 1.83. The molecule has 2 aromatic rings. The van der Waals surface area contributed by atoms with Gasteiger partial charge in [-0.1, -0.05) is 19.1 Å². The highest BCUT2D eigenvalue weighted by molar-refractivity contribution is 5.24. The minimum Gasteiger partial charge on any atom is -0.310 e. The number of halogens is 2. The Balaban J connectivity index is 2.24. The molecule has 0 radical (unpaired) electrons. The van der Waals surface area contributed by atoms with E-state index < -0.39 is 11.6 Å². The lowest BCUT2D eigenvalue weighted by Crippen LogP contribution is -2.25. The van der Waals surface area contributed by atoms with Crippen molar-refractivity contribution in [1.29, 1.82) is 0 Å². The van der Waals surface area contributed by atoms with Crippen LogP contribution in [-0.4, -0.2) is 16.3 Å². The number of hydrogen-bond donors (Lipinski definition) is 1. The van der Waals surface area contributed by atoms with Gasteiger partial charge in [-0.2, -0.15) is 5.10 Å². The lowest BCUT2D eigenvalue weighted by Gasteiger charge is -2.19. The van der Waals surface area contributed by atoms with E-state index in [1.54, 1.807) is 16.9 Å². The third kappa shape index (κ3) is 3.42. The van der Waals surface area contributed by atoms with Gasteiger partial charge in [0, 0.05) is 24.8 Å². The van der Waals surface area contributed by atoms with Crippen molar-refractivity contribution in [2.24, 2.45) is 7.05 Å². The number of benzene rings is 1. The Morgan fingerprint density at radius 1 is 1.35 bits per heavy atom. The Labute approximate surface area is 117 Å². The lowest BCUT2D eigenvalue weighted by atomic mass is 9.99. The predicted molar refractivity (Wildman–Crippen MR) is 74.3 cm³/mol. The molecule has 1 atom stereocenters. The second-order valence-electron chi connectivity index (χ2n) is 4.88. The molecule has 0 saturated carbocycles. The van der Waals surface area contributed by atoms with Gasteiger partial charge in [0.25, 0.3) is 0 Å². The minimum absolute atomic E-state index is 0.255. The van der Waals surface area contributed by atoms with Crippen molar-refractivity contribution in [2.75, 3.05) is 6.54 Å². The highest BCUT2D eigenvalue weighted by atomic mass is 19.2. The molecule has 0 saturated heterocycles. The Bertz CT molecular complexity index is 566. The van der Waals surface area contributed by atoms with Gasteiger partial charge in [0.05, 0.1) is 6.20 Å². The third-order valence-corrected chi connectivity index (χ3v) is 3.20. The van der Waals surface area contributed by atoms with E-state index in [1.165, 1.54) is 6.07 Å². The van der Waals surface area contributed by atoms with Gasteiger partial charge in [0.1, 0.15) is 0 Å². The molecule has 0 bridgehead atoms. The number of aryl methyl sites for hydroxylation is 1. The van der Waals surface area contributed by atoms with Crippen molar-refractivity contribution in [3.05, 3.63) is 53.4 Å². The zero-order chi connectivity index (χ0) is 14.5. The normalized spacial score (nSPS) is 12.6. The van der Waals surface area contributed by atoms with Crippen molar-refractivity contribution >= 4 is 0 Å². The molecule has 108 valence electrons. The van der Waals surface area contributed by atoms with E-state index in [1.807, 2.05) is 20.2 Å². The molecule has 1 unspecified atom stereocenters. The van der Waals surface area contributed by atoms with Gasteiger partial charge < -0.3 is 5.32 Å². The van der Waals surface area contributed by atoms with Crippen LogP contribution < -0.4 is 5.32 Å². The molecule has 0 fully saturated rings. The summed E-state index contributed by atoms with van der Waals surface area (Å²) >= 11 is 0. The zero-order valence-corrected chi connectivity index (χ0v) is 11.7. The SMILES string of the molecule is CCCNC(Cc1cnn(C)c1)c1cccc(F)c1F. The third-order valence-electron chi connectivity index (χ3n) is 3.20. The van der Waals surface area contributed by atoms with Crippen molar-refractivity contribution in [2.45, 2.75) is 25.8 Å². The molecule has 1 aromatic heterocycles. The largest absolute Gasteiger partial charge is 0.310 e. The molecule has 3 nitrogen and oxygen atoms in total. The summed E-state index contributed by atoms with van der Waals surface area (Å²) in [6.07, 6.45) is 5.14. The fourth-order valence-corrected chi connectivity index (χ4v) is 2.21. The Hall–Kier alpha value is -1.75. The summed E-state index contributed by atoms with van der Waals surface area (Å²) in [5.74, 6) is -1.58. The van der Waals surface area contributed by atoms with Crippen LogP contribution in [0.15, 0.2) is 30.6 Å². The van der Waals surface area contributed by atoms with Crippen LogP contribution in [0.25, 0.3) is 0 Å². The smallest absolute Gasteiger partial charge is 0.163 e. The van der Waals surface area contributed by atoms with E-state index in [-0.39, 0.29) is 6.04 Å². The molecule has 0 amide bonds. The second kappa shape index (κ2) is 6.61. The predicted octanol–water partition coefficient (Wildman–Crippen LogP) is 2.98.